The summed E-state index contributed by atoms with van der Waals surface area (Å²) in [5, 5.41) is 5.16. The van der Waals surface area contributed by atoms with Crippen molar-refractivity contribution in [1.29, 1.82) is 0 Å². The summed E-state index contributed by atoms with van der Waals surface area (Å²) in [6.07, 6.45) is 1.27. The average Bonchev–Trinajstić information content (AvgIpc) is 2.75. The van der Waals surface area contributed by atoms with Crippen LogP contribution in [0.4, 0.5) is 5.69 Å². The highest BCUT2D eigenvalue weighted by Gasteiger charge is 2.42. The molecule has 0 spiro atoms. The van der Waals surface area contributed by atoms with E-state index in [4.69, 9.17) is 0 Å². The number of carbonyl (C=O) groups excluding carboxylic acids is 3. The van der Waals surface area contributed by atoms with E-state index in [0.29, 0.717) is 18.5 Å². The number of anilines is 1. The van der Waals surface area contributed by atoms with Gasteiger partial charge >= 0.3 is 0 Å². The van der Waals surface area contributed by atoms with Crippen molar-refractivity contribution in [3.8, 4) is 0 Å². The maximum atomic E-state index is 12.6. The van der Waals surface area contributed by atoms with Crippen LogP contribution >= 0.6 is 0 Å². The minimum atomic E-state index is -3.65. The number of imide groups is 1. The fourth-order valence-electron chi connectivity index (χ4n) is 3.65. The third-order valence-corrected chi connectivity index (χ3v) is 7.45. The Hall–Kier alpha value is -3.04. The molecule has 1 heterocycles. The van der Waals surface area contributed by atoms with E-state index in [-0.39, 0.29) is 28.7 Å². The van der Waals surface area contributed by atoms with Gasteiger partial charge in [-0.2, -0.15) is 0 Å². The molecular formula is C22H25N3O5S. The Kier molecular flexibility index (Phi) is 6.28. The summed E-state index contributed by atoms with van der Waals surface area (Å²) in [6.45, 7) is 1.90. The van der Waals surface area contributed by atoms with Crippen LogP contribution in [-0.4, -0.2) is 44.5 Å². The average molecular weight is 444 g/mol. The van der Waals surface area contributed by atoms with Gasteiger partial charge in [-0.1, -0.05) is 25.1 Å². The minimum Gasteiger partial charge on any atom is -0.322 e. The van der Waals surface area contributed by atoms with Gasteiger partial charge in [0.2, 0.25) is 21.8 Å². The summed E-state index contributed by atoms with van der Waals surface area (Å²) in [4.78, 5) is 36.7. The summed E-state index contributed by atoms with van der Waals surface area (Å²) in [6, 6.07) is 12.7. The highest BCUT2D eigenvalue weighted by atomic mass is 32.2. The van der Waals surface area contributed by atoms with Crippen LogP contribution in [0.1, 0.15) is 42.1 Å². The number of hydrogen-bond acceptors (Lipinski definition) is 5. The molecule has 164 valence electrons. The molecule has 1 atom stereocenters. The van der Waals surface area contributed by atoms with Gasteiger partial charge in [-0.05, 0) is 48.7 Å². The Morgan fingerprint density at radius 1 is 1.13 bits per heavy atom. The zero-order chi connectivity index (χ0) is 22.8. The zero-order valence-corrected chi connectivity index (χ0v) is 18.5. The summed E-state index contributed by atoms with van der Waals surface area (Å²) >= 11 is 0. The molecule has 31 heavy (non-hydrogen) atoms. The molecule has 1 fully saturated rings. The van der Waals surface area contributed by atoms with Crippen LogP contribution in [0.3, 0.4) is 0 Å². The maximum Gasteiger partial charge on any atom is 0.255 e. The van der Waals surface area contributed by atoms with Crippen LogP contribution < -0.4 is 10.6 Å². The molecule has 1 aliphatic rings. The number of amides is 3. The fourth-order valence-corrected chi connectivity index (χ4v) is 4.60. The van der Waals surface area contributed by atoms with E-state index in [0.717, 1.165) is 9.87 Å². The molecule has 3 rings (SSSR count). The van der Waals surface area contributed by atoms with Gasteiger partial charge in [-0.25, -0.2) is 12.7 Å². The molecule has 0 aliphatic carbocycles. The molecule has 3 amide bonds. The molecule has 0 bridgehead atoms. The lowest BCUT2D eigenvalue weighted by atomic mass is 9.72. The second-order valence-corrected chi connectivity index (χ2v) is 9.81. The van der Waals surface area contributed by atoms with Gasteiger partial charge in [-0.3, -0.25) is 19.7 Å². The van der Waals surface area contributed by atoms with E-state index in [1.165, 1.54) is 38.4 Å². The number of sulfonamides is 1. The third-order valence-electron chi connectivity index (χ3n) is 5.64. The lowest BCUT2D eigenvalue weighted by Crippen LogP contribution is -2.51. The first-order chi connectivity index (χ1) is 14.6. The molecule has 0 aromatic heterocycles. The van der Waals surface area contributed by atoms with Gasteiger partial charge in [0.1, 0.15) is 0 Å². The van der Waals surface area contributed by atoms with Crippen molar-refractivity contribution < 1.29 is 22.8 Å². The van der Waals surface area contributed by atoms with E-state index in [1.807, 2.05) is 6.92 Å². The number of benzene rings is 2. The monoisotopic (exact) mass is 443 g/mol. The van der Waals surface area contributed by atoms with Gasteiger partial charge in [0.25, 0.3) is 5.91 Å². The van der Waals surface area contributed by atoms with Crippen LogP contribution in [0.25, 0.3) is 0 Å². The van der Waals surface area contributed by atoms with E-state index in [9.17, 15) is 22.8 Å². The van der Waals surface area contributed by atoms with Crippen molar-refractivity contribution in [2.45, 2.75) is 36.5 Å². The first kappa shape index (κ1) is 22.6. The second-order valence-electron chi connectivity index (χ2n) is 7.66. The largest absolute Gasteiger partial charge is 0.322 e. The molecule has 1 saturated heterocycles. The van der Waals surface area contributed by atoms with Crippen LogP contribution in [0.2, 0.25) is 0 Å². The Morgan fingerprint density at radius 3 is 2.39 bits per heavy atom. The van der Waals surface area contributed by atoms with Crippen LogP contribution in [-0.2, 0) is 25.0 Å². The summed E-state index contributed by atoms with van der Waals surface area (Å²) in [7, 11) is -0.800. The molecule has 0 radical (unpaired) electrons. The van der Waals surface area contributed by atoms with Crippen molar-refractivity contribution >= 4 is 33.4 Å². The van der Waals surface area contributed by atoms with Crippen molar-refractivity contribution in [2.75, 3.05) is 19.4 Å². The molecule has 9 heteroatoms. The Labute approximate surface area is 181 Å². The Bertz CT molecular complexity index is 1130. The highest BCUT2D eigenvalue weighted by molar-refractivity contribution is 7.89. The van der Waals surface area contributed by atoms with E-state index in [1.54, 1.807) is 24.3 Å². The summed E-state index contributed by atoms with van der Waals surface area (Å²) in [5.41, 5.74) is 0.720. The third kappa shape index (κ3) is 4.38. The number of hydrogen-bond donors (Lipinski definition) is 2. The van der Waals surface area contributed by atoms with Crippen LogP contribution in [0, 0.1) is 0 Å². The van der Waals surface area contributed by atoms with Gasteiger partial charge in [0, 0.05) is 31.8 Å². The van der Waals surface area contributed by atoms with Crippen LogP contribution in [0.5, 0.6) is 0 Å². The van der Waals surface area contributed by atoms with Crippen molar-refractivity contribution in [2.24, 2.45) is 0 Å². The lowest BCUT2D eigenvalue weighted by Gasteiger charge is -2.35. The van der Waals surface area contributed by atoms with Gasteiger partial charge < -0.3 is 5.32 Å². The number of nitrogens with one attached hydrogen (secondary N) is 2. The first-order valence-corrected chi connectivity index (χ1v) is 11.3. The summed E-state index contributed by atoms with van der Waals surface area (Å²) in [5.74, 6) is -1.02. The lowest BCUT2D eigenvalue weighted by molar-refractivity contribution is -0.138. The molecule has 2 aromatic rings. The molecule has 2 aromatic carbocycles. The van der Waals surface area contributed by atoms with E-state index in [2.05, 4.69) is 10.6 Å². The molecule has 0 saturated carbocycles. The molecule has 8 nitrogen and oxygen atoms in total. The van der Waals surface area contributed by atoms with Crippen LogP contribution in [0.15, 0.2) is 53.4 Å². The minimum absolute atomic E-state index is 0.0308. The Balaban J connectivity index is 1.80. The highest BCUT2D eigenvalue weighted by Crippen LogP contribution is 2.36. The predicted molar refractivity (Wildman–Crippen MR) is 116 cm³/mol. The standard InChI is InChI=1S/C22H25N3O5S/c1-4-22(13-12-19(26)24-21(22)28)16-8-10-17(11-9-16)23-20(27)15-6-5-7-18(14-15)31(29,30)25(2)3/h5-11,14H,4,12-13H2,1-3H3,(H,23,27)(H,24,26,28)/t22-/m0/s1. The van der Waals surface area contributed by atoms with Gasteiger partial charge in [0.05, 0.1) is 10.3 Å². The van der Waals surface area contributed by atoms with Crippen molar-refractivity contribution in [1.82, 2.24) is 9.62 Å². The molecule has 0 unspecified atom stereocenters. The number of rotatable bonds is 6. The second kappa shape index (κ2) is 8.60. The predicted octanol–water partition coefficient (Wildman–Crippen LogP) is 2.27. The van der Waals surface area contributed by atoms with Gasteiger partial charge in [0.15, 0.2) is 0 Å². The number of piperidine rings is 1. The molecule has 2 N–H and O–H groups in total. The van der Waals surface area contributed by atoms with Crippen molar-refractivity contribution in [3.05, 3.63) is 59.7 Å². The maximum absolute atomic E-state index is 12.6. The smallest absolute Gasteiger partial charge is 0.255 e. The van der Waals surface area contributed by atoms with Gasteiger partial charge in [-0.15, -0.1) is 0 Å². The normalized spacial score (nSPS) is 19.2. The molecular weight excluding hydrogens is 418 g/mol. The summed E-state index contributed by atoms with van der Waals surface area (Å²) < 4.78 is 25.7. The number of nitrogens with zero attached hydrogens (tertiary/aromatic N) is 1. The number of carbonyl (C=O) groups is 3. The van der Waals surface area contributed by atoms with E-state index < -0.39 is 21.3 Å². The first-order valence-electron chi connectivity index (χ1n) is 9.89. The topological polar surface area (TPSA) is 113 Å². The zero-order valence-electron chi connectivity index (χ0n) is 17.6. The van der Waals surface area contributed by atoms with Crippen molar-refractivity contribution in [3.63, 3.8) is 0 Å². The quantitative estimate of drug-likeness (QED) is 0.665. The SMILES string of the molecule is CC[C@@]1(c2ccc(NC(=O)c3cccc(S(=O)(=O)N(C)C)c3)cc2)CCC(=O)NC1=O. The fraction of sp³-hybridized carbons (Fsp3) is 0.318. The Morgan fingerprint density at radius 2 is 1.81 bits per heavy atom. The van der Waals surface area contributed by atoms with E-state index >= 15 is 0 Å². The molecule has 1 aliphatic heterocycles.